The summed E-state index contributed by atoms with van der Waals surface area (Å²) >= 11 is 0. The molecule has 0 saturated heterocycles. The van der Waals surface area contributed by atoms with Gasteiger partial charge in [-0.15, -0.1) is 0 Å². The molecule has 3 rings (SSSR count). The molecule has 0 aromatic heterocycles. The van der Waals surface area contributed by atoms with Gasteiger partial charge in [0.25, 0.3) is 0 Å². The molecule has 2 atom stereocenters. The molecule has 2 amide bonds. The lowest BCUT2D eigenvalue weighted by atomic mass is 9.96. The summed E-state index contributed by atoms with van der Waals surface area (Å²) in [5, 5.41) is 23.1. The first-order valence-electron chi connectivity index (χ1n) is 11.7. The molecule has 1 aliphatic rings. The van der Waals surface area contributed by atoms with Crippen molar-refractivity contribution in [2.24, 2.45) is 5.92 Å². The zero-order chi connectivity index (χ0) is 24.5. The average molecular weight is 469 g/mol. The summed E-state index contributed by atoms with van der Waals surface area (Å²) in [7, 11) is 0. The van der Waals surface area contributed by atoms with Gasteiger partial charge < -0.3 is 25.6 Å². The third kappa shape index (κ3) is 6.57. The number of ether oxygens (including phenoxy) is 1. The van der Waals surface area contributed by atoms with E-state index in [1.807, 2.05) is 31.2 Å². The van der Waals surface area contributed by atoms with Crippen molar-refractivity contribution >= 4 is 18.0 Å². The van der Waals surface area contributed by atoms with Crippen LogP contribution < -0.4 is 10.6 Å². The molecule has 0 radical (unpaired) electrons. The van der Waals surface area contributed by atoms with Crippen LogP contribution in [0, 0.1) is 5.92 Å². The molecule has 0 bridgehead atoms. The zero-order valence-corrected chi connectivity index (χ0v) is 19.3. The lowest BCUT2D eigenvalue weighted by Gasteiger charge is -2.17. The van der Waals surface area contributed by atoms with Crippen LogP contribution in [-0.4, -0.2) is 54.0 Å². The Morgan fingerprint density at radius 1 is 0.971 bits per heavy atom. The minimum atomic E-state index is -1.60. The molecule has 1 aliphatic carbocycles. The summed E-state index contributed by atoms with van der Waals surface area (Å²) < 4.78 is 5.54. The summed E-state index contributed by atoms with van der Waals surface area (Å²) in [6.45, 7) is 2.41. The molecule has 0 saturated carbocycles. The lowest BCUT2D eigenvalue weighted by molar-refractivity contribution is -0.146. The number of fused-ring (bicyclic) bond motifs is 3. The second-order valence-corrected chi connectivity index (χ2v) is 8.51. The fourth-order valence-electron chi connectivity index (χ4n) is 4.30. The molecule has 182 valence electrons. The number of benzene rings is 2. The van der Waals surface area contributed by atoms with Gasteiger partial charge in [0.05, 0.1) is 6.54 Å². The highest BCUT2D eigenvalue weighted by atomic mass is 16.5. The van der Waals surface area contributed by atoms with Crippen molar-refractivity contribution in [3.05, 3.63) is 59.7 Å². The molecule has 8 nitrogen and oxygen atoms in total. The molecule has 34 heavy (non-hydrogen) atoms. The van der Waals surface area contributed by atoms with Crippen LogP contribution in [0.4, 0.5) is 4.79 Å². The number of amides is 2. The fourth-order valence-corrected chi connectivity index (χ4v) is 4.30. The first-order chi connectivity index (χ1) is 16.4. The number of carboxylic acids is 1. The summed E-state index contributed by atoms with van der Waals surface area (Å²) in [6, 6.07) is 16.4. The van der Waals surface area contributed by atoms with Crippen LogP contribution in [0.2, 0.25) is 0 Å². The second-order valence-electron chi connectivity index (χ2n) is 8.51. The van der Waals surface area contributed by atoms with E-state index in [9.17, 15) is 19.5 Å². The predicted octanol–water partition coefficient (Wildman–Crippen LogP) is 3.28. The van der Waals surface area contributed by atoms with Crippen LogP contribution in [0.1, 0.15) is 49.7 Å². The number of rotatable bonds is 12. The fraction of sp³-hybridized carbons (Fsp3) is 0.423. The largest absolute Gasteiger partial charge is 0.479 e. The first kappa shape index (κ1) is 25.2. The van der Waals surface area contributed by atoms with Crippen LogP contribution in [0.15, 0.2) is 48.5 Å². The number of carbonyl (C=O) groups is 3. The van der Waals surface area contributed by atoms with Crippen molar-refractivity contribution in [2.45, 2.75) is 44.6 Å². The van der Waals surface area contributed by atoms with Gasteiger partial charge in [-0.3, -0.25) is 4.79 Å². The standard InChI is InChI=1S/C26H32N2O6/c1-2-17(11-12-24(30)28-15-23(29)25(31)32)13-14-27-26(33)34-16-22-20-9-5-3-7-18(20)19-8-4-6-10-21(19)22/h3-10,17,22-23,29H,2,11-16H2,1H3,(H,27,33)(H,28,30)(H,31,32)/t17?,23-/m0/s1. The molecule has 1 unspecified atom stereocenters. The van der Waals surface area contributed by atoms with E-state index in [1.165, 1.54) is 11.1 Å². The van der Waals surface area contributed by atoms with E-state index in [-0.39, 0.29) is 37.3 Å². The summed E-state index contributed by atoms with van der Waals surface area (Å²) in [5.74, 6) is -1.43. The molecule has 0 spiro atoms. The third-order valence-corrected chi connectivity index (χ3v) is 6.30. The van der Waals surface area contributed by atoms with Gasteiger partial charge in [0.2, 0.25) is 5.91 Å². The maximum atomic E-state index is 12.3. The van der Waals surface area contributed by atoms with E-state index in [2.05, 4.69) is 34.9 Å². The summed E-state index contributed by atoms with van der Waals surface area (Å²) in [6.07, 6.45) is 0.320. The van der Waals surface area contributed by atoms with E-state index in [0.717, 1.165) is 17.5 Å². The second kappa shape index (κ2) is 12.2. The van der Waals surface area contributed by atoms with E-state index in [0.29, 0.717) is 19.4 Å². The number of carbonyl (C=O) groups excluding carboxylic acids is 2. The number of alkyl carbamates (subject to hydrolysis) is 1. The third-order valence-electron chi connectivity index (χ3n) is 6.30. The molecule has 0 heterocycles. The number of aliphatic carboxylic acids is 1. The maximum absolute atomic E-state index is 12.3. The minimum absolute atomic E-state index is 0.0136. The van der Waals surface area contributed by atoms with Crippen LogP contribution in [0.5, 0.6) is 0 Å². The van der Waals surface area contributed by atoms with E-state index in [1.54, 1.807) is 0 Å². The Bertz CT molecular complexity index is 963. The van der Waals surface area contributed by atoms with E-state index < -0.39 is 18.2 Å². The van der Waals surface area contributed by atoms with Crippen molar-refractivity contribution in [1.82, 2.24) is 10.6 Å². The van der Waals surface area contributed by atoms with Gasteiger partial charge in [-0.25, -0.2) is 9.59 Å². The van der Waals surface area contributed by atoms with Crippen LogP contribution in [0.3, 0.4) is 0 Å². The molecular formula is C26H32N2O6. The zero-order valence-electron chi connectivity index (χ0n) is 19.3. The Balaban J connectivity index is 1.39. The van der Waals surface area contributed by atoms with Gasteiger partial charge in [-0.2, -0.15) is 0 Å². The molecule has 8 heteroatoms. The normalized spacial score (nSPS) is 13.9. The molecule has 4 N–H and O–H groups in total. The van der Waals surface area contributed by atoms with Crippen LogP contribution in [-0.2, 0) is 14.3 Å². The SMILES string of the molecule is CCC(CCNC(=O)OCC1c2ccccc2-c2ccccc21)CCC(=O)NC[C@H](O)C(=O)O. The summed E-state index contributed by atoms with van der Waals surface area (Å²) in [4.78, 5) is 34.7. The van der Waals surface area contributed by atoms with Gasteiger partial charge in [0.1, 0.15) is 6.61 Å². The first-order valence-corrected chi connectivity index (χ1v) is 11.7. The number of nitrogens with one attached hydrogen (secondary N) is 2. The molecule has 0 fully saturated rings. The van der Waals surface area contributed by atoms with Crippen LogP contribution >= 0.6 is 0 Å². The maximum Gasteiger partial charge on any atom is 0.407 e. The van der Waals surface area contributed by atoms with Gasteiger partial charge >= 0.3 is 12.1 Å². The van der Waals surface area contributed by atoms with E-state index in [4.69, 9.17) is 9.84 Å². The smallest absolute Gasteiger partial charge is 0.407 e. The molecular weight excluding hydrogens is 436 g/mol. The van der Waals surface area contributed by atoms with Gasteiger partial charge in [0, 0.05) is 18.9 Å². The van der Waals surface area contributed by atoms with Crippen molar-refractivity contribution in [3.63, 3.8) is 0 Å². The lowest BCUT2D eigenvalue weighted by Crippen LogP contribution is -2.36. The summed E-state index contributed by atoms with van der Waals surface area (Å²) in [5.41, 5.74) is 4.69. The van der Waals surface area contributed by atoms with Gasteiger partial charge in [-0.1, -0.05) is 61.9 Å². The topological polar surface area (TPSA) is 125 Å². The molecule has 0 aliphatic heterocycles. The minimum Gasteiger partial charge on any atom is -0.479 e. The van der Waals surface area contributed by atoms with Crippen molar-refractivity contribution < 1.29 is 29.3 Å². The molecule has 2 aromatic rings. The monoisotopic (exact) mass is 468 g/mol. The van der Waals surface area contributed by atoms with Crippen molar-refractivity contribution in [1.29, 1.82) is 0 Å². The van der Waals surface area contributed by atoms with Crippen molar-refractivity contribution in [3.8, 4) is 11.1 Å². The Kier molecular flexibility index (Phi) is 9.04. The van der Waals surface area contributed by atoms with Gasteiger partial charge in [-0.05, 0) is 41.0 Å². The van der Waals surface area contributed by atoms with Gasteiger partial charge in [0.15, 0.2) is 6.10 Å². The van der Waals surface area contributed by atoms with E-state index >= 15 is 0 Å². The average Bonchev–Trinajstić information content (AvgIpc) is 3.16. The number of aliphatic hydroxyl groups is 1. The highest BCUT2D eigenvalue weighted by Crippen LogP contribution is 2.44. The Morgan fingerprint density at radius 3 is 2.18 bits per heavy atom. The Morgan fingerprint density at radius 2 is 1.59 bits per heavy atom. The highest BCUT2D eigenvalue weighted by molar-refractivity contribution is 5.79. The number of aliphatic hydroxyl groups excluding tert-OH is 1. The Hall–Kier alpha value is -3.39. The van der Waals surface area contributed by atoms with Crippen LogP contribution in [0.25, 0.3) is 11.1 Å². The number of hydrogen-bond acceptors (Lipinski definition) is 5. The van der Waals surface area contributed by atoms with Crippen molar-refractivity contribution in [2.75, 3.05) is 19.7 Å². The number of hydrogen-bond donors (Lipinski definition) is 4. The Labute approximate surface area is 199 Å². The quantitative estimate of drug-likeness (QED) is 0.379. The molecule has 2 aromatic carbocycles. The predicted molar refractivity (Wildman–Crippen MR) is 127 cm³/mol. The highest BCUT2D eigenvalue weighted by Gasteiger charge is 2.29. The number of carboxylic acid groups (broad SMARTS) is 1.